The maximum Gasteiger partial charge on any atom is 0.139 e. The number of ether oxygens (including phenoxy) is 1. The molecule has 0 bridgehead atoms. The van der Waals surface area contributed by atoms with Crippen LogP contribution in [0.3, 0.4) is 0 Å². The van der Waals surface area contributed by atoms with Gasteiger partial charge >= 0.3 is 0 Å². The van der Waals surface area contributed by atoms with E-state index in [1.54, 1.807) is 0 Å². The topological polar surface area (TPSA) is 9.23 Å². The van der Waals surface area contributed by atoms with Gasteiger partial charge in [-0.05, 0) is 84.5 Å². The first-order valence-electron chi connectivity index (χ1n) is 21.4. The van der Waals surface area contributed by atoms with E-state index in [1.807, 2.05) is 49.4 Å². The molecule has 0 spiro atoms. The largest absolute Gasteiger partial charge is 0.456 e. The number of fused-ring (bicyclic) bond motifs is 2. The highest BCUT2D eigenvalue weighted by molar-refractivity contribution is 6.15. The lowest BCUT2D eigenvalue weighted by atomic mass is 9.73. The lowest BCUT2D eigenvalue weighted by molar-refractivity contribution is 0.419. The Labute approximate surface area is 345 Å². The third-order valence-electron chi connectivity index (χ3n) is 11.5. The molecule has 0 aliphatic carbocycles. The molecule has 9 aromatic carbocycles. The summed E-state index contributed by atoms with van der Waals surface area (Å²) in [6.45, 7) is -0.511. The summed E-state index contributed by atoms with van der Waals surface area (Å²) < 4.78 is 33.3. The molecule has 1 heteroatoms. The molecular weight excluding hydrogens is 701 g/mol. The molecule has 0 fully saturated rings. The van der Waals surface area contributed by atoms with Gasteiger partial charge in [-0.25, -0.2) is 0 Å². The first kappa shape index (κ1) is 31.9. The normalized spacial score (nSPS) is 15.2. The maximum absolute atomic E-state index is 8.86. The molecule has 0 saturated carbocycles. The van der Waals surface area contributed by atoms with Crippen LogP contribution in [0.25, 0.3) is 77.9 Å². The summed E-state index contributed by atoms with van der Waals surface area (Å²) in [4.78, 5) is 0. The van der Waals surface area contributed by atoms with Crippen molar-refractivity contribution in [2.75, 3.05) is 0 Å². The molecule has 0 aromatic heterocycles. The van der Waals surface area contributed by atoms with Crippen molar-refractivity contribution in [3.8, 4) is 89.4 Å². The summed E-state index contributed by atoms with van der Waals surface area (Å²) in [5.74, 6) is 1.13. The summed E-state index contributed by atoms with van der Waals surface area (Å²) in [5.41, 5.74) is 15.1. The molecule has 0 N–H and O–H groups in total. The minimum atomic E-state index is -2.33. The zero-order valence-corrected chi connectivity index (χ0v) is 32.2. The van der Waals surface area contributed by atoms with Crippen molar-refractivity contribution >= 4 is 0 Å². The summed E-state index contributed by atoms with van der Waals surface area (Å²) >= 11 is 0. The summed E-state index contributed by atoms with van der Waals surface area (Å²) in [5, 5.41) is 0. The SMILES string of the molecule is [2H]C([2H])([2H])C1(C)c2ccccc2Oc2c(-c3cccc(-c4c(-c5ccccc5)c(-c5ccccc5)c(-c5ccccc5)c(-c5ccccc5)c4-c4ccccc4)c3)cccc21. The Kier molecular flexibility index (Phi) is 8.09. The Morgan fingerprint density at radius 2 is 0.690 bits per heavy atom. The zero-order chi connectivity index (χ0) is 41.6. The Bertz CT molecular complexity index is 2910. The van der Waals surface area contributed by atoms with E-state index >= 15 is 0 Å². The molecule has 1 atom stereocenters. The highest BCUT2D eigenvalue weighted by Gasteiger charge is 2.35. The predicted molar refractivity (Wildman–Crippen MR) is 243 cm³/mol. The van der Waals surface area contributed by atoms with E-state index in [0.29, 0.717) is 22.6 Å². The summed E-state index contributed by atoms with van der Waals surface area (Å²) in [6.07, 6.45) is 0. The molecule has 1 unspecified atom stereocenters. The van der Waals surface area contributed by atoms with E-state index in [4.69, 9.17) is 8.85 Å². The highest BCUT2D eigenvalue weighted by Crippen LogP contribution is 2.57. The van der Waals surface area contributed by atoms with Gasteiger partial charge in [0.15, 0.2) is 0 Å². The number of hydrogen-bond donors (Lipinski definition) is 0. The van der Waals surface area contributed by atoms with E-state index in [2.05, 4.69) is 176 Å². The molecule has 1 aliphatic rings. The Morgan fingerprint density at radius 1 is 0.345 bits per heavy atom. The molecule has 276 valence electrons. The van der Waals surface area contributed by atoms with Gasteiger partial charge in [0, 0.05) is 26.2 Å². The van der Waals surface area contributed by atoms with Crippen LogP contribution in [0.15, 0.2) is 218 Å². The fourth-order valence-electron chi connectivity index (χ4n) is 8.84. The van der Waals surface area contributed by atoms with E-state index in [0.717, 1.165) is 77.9 Å². The predicted octanol–water partition coefficient (Wildman–Crippen LogP) is 15.8. The van der Waals surface area contributed by atoms with Crippen molar-refractivity contribution in [2.45, 2.75) is 19.2 Å². The lowest BCUT2D eigenvalue weighted by Gasteiger charge is -2.35. The minimum Gasteiger partial charge on any atom is -0.456 e. The average Bonchev–Trinajstić information content (AvgIpc) is 3.31. The summed E-state index contributed by atoms with van der Waals surface area (Å²) in [7, 11) is 0. The van der Waals surface area contributed by atoms with Crippen LogP contribution in [0.2, 0.25) is 0 Å². The van der Waals surface area contributed by atoms with Crippen LogP contribution in [0.5, 0.6) is 11.5 Å². The van der Waals surface area contributed by atoms with E-state index in [1.165, 1.54) is 0 Å². The van der Waals surface area contributed by atoms with Crippen molar-refractivity contribution < 1.29 is 8.85 Å². The Balaban J connectivity index is 1.36. The first-order valence-corrected chi connectivity index (χ1v) is 19.9. The average molecular weight is 746 g/mol. The van der Waals surface area contributed by atoms with Crippen molar-refractivity contribution in [1.82, 2.24) is 0 Å². The number of hydrogen-bond acceptors (Lipinski definition) is 1. The van der Waals surface area contributed by atoms with Crippen LogP contribution >= 0.6 is 0 Å². The molecule has 10 rings (SSSR count). The van der Waals surface area contributed by atoms with Gasteiger partial charge < -0.3 is 4.74 Å². The van der Waals surface area contributed by atoms with E-state index < -0.39 is 12.3 Å². The molecule has 0 radical (unpaired) electrons. The van der Waals surface area contributed by atoms with Crippen molar-refractivity contribution in [1.29, 1.82) is 0 Å². The molecule has 1 nitrogen and oxygen atoms in total. The molecular formula is C57H42O. The third kappa shape index (κ3) is 6.04. The van der Waals surface area contributed by atoms with Crippen molar-refractivity contribution in [2.24, 2.45) is 0 Å². The smallest absolute Gasteiger partial charge is 0.139 e. The number of benzene rings is 9. The van der Waals surface area contributed by atoms with Gasteiger partial charge in [-0.15, -0.1) is 0 Å². The van der Waals surface area contributed by atoms with Crippen LogP contribution in [0.4, 0.5) is 0 Å². The van der Waals surface area contributed by atoms with Gasteiger partial charge in [-0.3, -0.25) is 0 Å². The third-order valence-corrected chi connectivity index (χ3v) is 11.5. The van der Waals surface area contributed by atoms with Crippen molar-refractivity contribution in [3.63, 3.8) is 0 Å². The van der Waals surface area contributed by atoms with Crippen LogP contribution in [-0.2, 0) is 5.41 Å². The van der Waals surface area contributed by atoms with Gasteiger partial charge in [-0.2, -0.15) is 0 Å². The van der Waals surface area contributed by atoms with Gasteiger partial charge in [0.2, 0.25) is 0 Å². The first-order chi connectivity index (χ1) is 29.8. The quantitative estimate of drug-likeness (QED) is 0.158. The summed E-state index contributed by atoms with van der Waals surface area (Å²) in [6, 6.07) is 75.9. The second kappa shape index (κ2) is 14.7. The highest BCUT2D eigenvalue weighted by atomic mass is 16.5. The molecule has 0 saturated heterocycles. The van der Waals surface area contributed by atoms with Crippen molar-refractivity contribution in [3.05, 3.63) is 230 Å². The monoisotopic (exact) mass is 745 g/mol. The fourth-order valence-corrected chi connectivity index (χ4v) is 8.84. The van der Waals surface area contributed by atoms with Crippen LogP contribution in [-0.4, -0.2) is 0 Å². The van der Waals surface area contributed by atoms with Gasteiger partial charge in [0.1, 0.15) is 11.5 Å². The lowest BCUT2D eigenvalue weighted by Crippen LogP contribution is -2.24. The number of para-hydroxylation sites is 2. The second-order valence-electron chi connectivity index (χ2n) is 15.1. The van der Waals surface area contributed by atoms with Gasteiger partial charge in [-0.1, -0.05) is 220 Å². The van der Waals surface area contributed by atoms with Gasteiger partial charge in [0.25, 0.3) is 0 Å². The van der Waals surface area contributed by atoms with E-state index in [9.17, 15) is 0 Å². The molecule has 9 aromatic rings. The molecule has 1 heterocycles. The second-order valence-corrected chi connectivity index (χ2v) is 15.1. The zero-order valence-electron chi connectivity index (χ0n) is 35.2. The molecule has 0 amide bonds. The Hall–Kier alpha value is -7.22. The maximum atomic E-state index is 8.86. The van der Waals surface area contributed by atoms with Crippen LogP contribution < -0.4 is 4.74 Å². The standard InChI is InChI=1S/C57H42O/c1-57(2)47-35-18-19-37-49(47)58-56-46(34-21-36-48(56)57)44-32-20-33-45(38-44)55-53(42-28-14-6-15-29-42)51(40-24-10-4-11-25-40)50(39-22-8-3-9-23-39)52(41-26-12-5-13-27-41)54(55)43-30-16-7-17-31-43/h3-38H,1-2H3/i1D3. The van der Waals surface area contributed by atoms with Gasteiger partial charge in [0.05, 0.1) is 0 Å². The molecule has 1 aliphatic heterocycles. The fraction of sp³-hybridized carbons (Fsp3) is 0.0526. The minimum absolute atomic E-state index is 0.562. The van der Waals surface area contributed by atoms with Crippen LogP contribution in [0, 0.1) is 0 Å². The van der Waals surface area contributed by atoms with E-state index in [-0.39, 0.29) is 0 Å². The molecule has 58 heavy (non-hydrogen) atoms. The van der Waals surface area contributed by atoms with Crippen LogP contribution in [0.1, 0.15) is 29.0 Å². The number of rotatable bonds is 7. The Morgan fingerprint density at radius 3 is 1.14 bits per heavy atom.